The van der Waals surface area contributed by atoms with Gasteiger partial charge >= 0.3 is 6.36 Å². The first kappa shape index (κ1) is 11.8. The standard InChI is InChI=1S/C11H10BrF3O/c12-9-4-8(3-7-1-2-7)5-10(6-9)16-11(13,14)15/h4-7H,1-3H2. The molecule has 1 aliphatic rings. The second kappa shape index (κ2) is 4.28. The molecule has 1 aromatic rings. The van der Waals surface area contributed by atoms with Crippen LogP contribution in [0.5, 0.6) is 5.75 Å². The van der Waals surface area contributed by atoms with Gasteiger partial charge in [0, 0.05) is 4.47 Å². The highest BCUT2D eigenvalue weighted by molar-refractivity contribution is 9.10. The molecule has 0 spiro atoms. The first-order chi connectivity index (χ1) is 7.42. The molecule has 1 fully saturated rings. The zero-order valence-corrected chi connectivity index (χ0v) is 9.94. The highest BCUT2D eigenvalue weighted by atomic mass is 79.9. The van der Waals surface area contributed by atoms with Crippen LogP contribution in [0.2, 0.25) is 0 Å². The fourth-order valence-corrected chi connectivity index (χ4v) is 2.11. The third-order valence-corrected chi connectivity index (χ3v) is 2.84. The fourth-order valence-electron chi connectivity index (χ4n) is 1.59. The first-order valence-electron chi connectivity index (χ1n) is 4.97. The largest absolute Gasteiger partial charge is 0.573 e. The lowest BCUT2D eigenvalue weighted by Crippen LogP contribution is -2.17. The van der Waals surface area contributed by atoms with Gasteiger partial charge in [-0.15, -0.1) is 13.2 Å². The lowest BCUT2D eigenvalue weighted by molar-refractivity contribution is -0.274. The van der Waals surface area contributed by atoms with Crippen molar-refractivity contribution in [2.45, 2.75) is 25.6 Å². The fraction of sp³-hybridized carbons (Fsp3) is 0.455. The van der Waals surface area contributed by atoms with E-state index in [2.05, 4.69) is 20.7 Å². The Morgan fingerprint density at radius 3 is 2.50 bits per heavy atom. The molecule has 2 rings (SSSR count). The summed E-state index contributed by atoms with van der Waals surface area (Å²) >= 11 is 3.18. The molecule has 88 valence electrons. The highest BCUT2D eigenvalue weighted by Gasteiger charge is 2.31. The van der Waals surface area contributed by atoms with Crippen LogP contribution in [0.4, 0.5) is 13.2 Å². The van der Waals surface area contributed by atoms with Gasteiger partial charge in [0.1, 0.15) is 5.75 Å². The molecule has 1 nitrogen and oxygen atoms in total. The van der Waals surface area contributed by atoms with E-state index in [0.29, 0.717) is 10.4 Å². The molecule has 0 amide bonds. The van der Waals surface area contributed by atoms with Crippen LogP contribution in [0.3, 0.4) is 0 Å². The van der Waals surface area contributed by atoms with Gasteiger partial charge in [0.2, 0.25) is 0 Å². The van der Waals surface area contributed by atoms with Gasteiger partial charge in [-0.25, -0.2) is 0 Å². The summed E-state index contributed by atoms with van der Waals surface area (Å²) in [6.07, 6.45) is -1.46. The van der Waals surface area contributed by atoms with Crippen LogP contribution in [0.25, 0.3) is 0 Å². The molecule has 0 radical (unpaired) electrons. The second-order valence-corrected chi connectivity index (χ2v) is 4.91. The van der Waals surface area contributed by atoms with Gasteiger partial charge in [0.15, 0.2) is 0 Å². The van der Waals surface area contributed by atoms with Gasteiger partial charge in [-0.05, 0) is 48.9 Å². The SMILES string of the molecule is FC(F)(F)Oc1cc(Br)cc(CC2CC2)c1. The van der Waals surface area contributed by atoms with Crippen LogP contribution in [-0.2, 0) is 6.42 Å². The summed E-state index contributed by atoms with van der Waals surface area (Å²) in [6.45, 7) is 0. The molecule has 0 bridgehead atoms. The Bertz CT molecular complexity index is 385. The normalized spacial score (nSPS) is 16.2. The molecule has 1 saturated carbocycles. The van der Waals surface area contributed by atoms with E-state index in [0.717, 1.165) is 12.0 Å². The van der Waals surface area contributed by atoms with Crippen molar-refractivity contribution in [2.75, 3.05) is 0 Å². The molecule has 5 heteroatoms. The molecular formula is C11H10BrF3O. The maximum absolute atomic E-state index is 12.0. The van der Waals surface area contributed by atoms with E-state index in [-0.39, 0.29) is 5.75 Å². The van der Waals surface area contributed by atoms with Gasteiger partial charge in [-0.3, -0.25) is 0 Å². The average Bonchev–Trinajstić information content (AvgIpc) is 2.82. The van der Waals surface area contributed by atoms with Crippen molar-refractivity contribution in [3.05, 3.63) is 28.2 Å². The van der Waals surface area contributed by atoms with Gasteiger partial charge in [0.05, 0.1) is 0 Å². The molecule has 1 aromatic carbocycles. The van der Waals surface area contributed by atoms with Crippen molar-refractivity contribution in [2.24, 2.45) is 5.92 Å². The smallest absolute Gasteiger partial charge is 0.406 e. The Kier molecular flexibility index (Phi) is 3.15. The predicted octanol–water partition coefficient (Wildman–Crippen LogP) is 4.30. The summed E-state index contributed by atoms with van der Waals surface area (Å²) in [6, 6.07) is 4.61. The van der Waals surface area contributed by atoms with Gasteiger partial charge in [-0.1, -0.05) is 15.9 Å². The molecule has 0 aliphatic heterocycles. The first-order valence-corrected chi connectivity index (χ1v) is 5.77. The van der Waals surface area contributed by atoms with Crippen LogP contribution in [-0.4, -0.2) is 6.36 Å². The average molecular weight is 295 g/mol. The summed E-state index contributed by atoms with van der Waals surface area (Å²) < 4.78 is 40.6. The molecule has 0 heterocycles. The predicted molar refractivity (Wildman–Crippen MR) is 57.3 cm³/mol. The van der Waals surface area contributed by atoms with Crippen LogP contribution in [0.1, 0.15) is 18.4 Å². The number of halogens is 4. The summed E-state index contributed by atoms with van der Waals surface area (Å²) in [4.78, 5) is 0. The number of hydrogen-bond acceptors (Lipinski definition) is 1. The number of benzene rings is 1. The van der Waals surface area contributed by atoms with Crippen LogP contribution >= 0.6 is 15.9 Å². The third kappa shape index (κ3) is 3.70. The minimum absolute atomic E-state index is 0.155. The van der Waals surface area contributed by atoms with Crippen LogP contribution in [0.15, 0.2) is 22.7 Å². The number of ether oxygens (including phenoxy) is 1. The van der Waals surface area contributed by atoms with E-state index in [1.807, 2.05) is 6.07 Å². The molecule has 1 aliphatic carbocycles. The Hall–Kier alpha value is -0.710. The zero-order chi connectivity index (χ0) is 11.8. The molecule has 0 atom stereocenters. The maximum atomic E-state index is 12.0. The van der Waals surface area contributed by atoms with Crippen LogP contribution < -0.4 is 4.74 Å². The summed E-state index contributed by atoms with van der Waals surface area (Å²) in [5, 5.41) is 0. The monoisotopic (exact) mass is 294 g/mol. The van der Waals surface area contributed by atoms with E-state index < -0.39 is 6.36 Å². The third-order valence-electron chi connectivity index (χ3n) is 2.39. The lowest BCUT2D eigenvalue weighted by atomic mass is 10.1. The maximum Gasteiger partial charge on any atom is 0.573 e. The molecule has 0 saturated heterocycles. The van der Waals surface area contributed by atoms with Gasteiger partial charge in [-0.2, -0.15) is 0 Å². The lowest BCUT2D eigenvalue weighted by Gasteiger charge is -2.10. The van der Waals surface area contributed by atoms with Crippen molar-refractivity contribution in [1.82, 2.24) is 0 Å². The molecule has 0 unspecified atom stereocenters. The number of rotatable bonds is 3. The van der Waals surface area contributed by atoms with E-state index in [9.17, 15) is 13.2 Å². The van der Waals surface area contributed by atoms with Crippen molar-refractivity contribution in [3.63, 3.8) is 0 Å². The summed E-state index contributed by atoms with van der Waals surface area (Å²) in [5.41, 5.74) is 0.885. The second-order valence-electron chi connectivity index (χ2n) is 3.99. The van der Waals surface area contributed by atoms with E-state index in [4.69, 9.17) is 0 Å². The topological polar surface area (TPSA) is 9.23 Å². The van der Waals surface area contributed by atoms with Crippen molar-refractivity contribution < 1.29 is 17.9 Å². The summed E-state index contributed by atoms with van der Waals surface area (Å²) in [7, 11) is 0. The molecule has 16 heavy (non-hydrogen) atoms. The molecule has 0 N–H and O–H groups in total. The van der Waals surface area contributed by atoms with Crippen LogP contribution in [0, 0.1) is 5.92 Å². The van der Waals surface area contributed by atoms with Crippen molar-refractivity contribution >= 4 is 15.9 Å². The Balaban J connectivity index is 2.14. The minimum atomic E-state index is -4.63. The Morgan fingerprint density at radius 1 is 1.25 bits per heavy atom. The van der Waals surface area contributed by atoms with E-state index in [1.165, 1.54) is 25.0 Å². The van der Waals surface area contributed by atoms with Crippen molar-refractivity contribution in [1.29, 1.82) is 0 Å². The quantitative estimate of drug-likeness (QED) is 0.808. The van der Waals surface area contributed by atoms with Gasteiger partial charge < -0.3 is 4.74 Å². The summed E-state index contributed by atoms with van der Waals surface area (Å²) in [5.74, 6) is 0.477. The molecule has 0 aromatic heterocycles. The van der Waals surface area contributed by atoms with E-state index >= 15 is 0 Å². The van der Waals surface area contributed by atoms with E-state index in [1.54, 1.807) is 0 Å². The highest BCUT2D eigenvalue weighted by Crippen LogP contribution is 2.35. The molecular weight excluding hydrogens is 285 g/mol. The van der Waals surface area contributed by atoms with Gasteiger partial charge in [0.25, 0.3) is 0 Å². The Labute approximate surface area is 99.7 Å². The number of alkyl halides is 3. The minimum Gasteiger partial charge on any atom is -0.406 e. The number of hydrogen-bond donors (Lipinski definition) is 0. The van der Waals surface area contributed by atoms with Crippen molar-refractivity contribution in [3.8, 4) is 5.75 Å². The Morgan fingerprint density at radius 2 is 1.94 bits per heavy atom. The zero-order valence-electron chi connectivity index (χ0n) is 8.35.